The smallest absolute Gasteiger partial charge is 0.340 e. The largest absolute Gasteiger partial charge is 0.433 e. The quantitative estimate of drug-likeness (QED) is 0.694. The number of halogens is 4. The summed E-state index contributed by atoms with van der Waals surface area (Å²) >= 11 is 0. The highest BCUT2D eigenvalue weighted by Crippen LogP contribution is 2.31. The fourth-order valence-electron chi connectivity index (χ4n) is 2.15. The molecule has 128 valence electrons. The molecule has 4 nitrogen and oxygen atoms in total. The minimum Gasteiger partial charge on any atom is -0.340 e. The summed E-state index contributed by atoms with van der Waals surface area (Å²) in [6.07, 6.45) is -1.79. The highest BCUT2D eigenvalue weighted by molar-refractivity contribution is 5.63. The van der Waals surface area contributed by atoms with Crippen LogP contribution in [0.25, 0.3) is 11.4 Å². The second-order valence-electron chi connectivity index (χ2n) is 5.29. The lowest BCUT2D eigenvalue weighted by Crippen LogP contribution is -2.11. The SMILES string of the molecule is Cc1ccc(F)cc1Nc1cc(C(F)(F)F)nc(-c2cccnc2)n1. The Bertz CT molecular complexity index is 895. The van der Waals surface area contributed by atoms with Crippen molar-refractivity contribution in [3.63, 3.8) is 0 Å². The van der Waals surface area contributed by atoms with Gasteiger partial charge in [-0.1, -0.05) is 6.07 Å². The Labute approximate surface area is 140 Å². The van der Waals surface area contributed by atoms with Crippen LogP contribution in [0.2, 0.25) is 0 Å². The number of hydrogen-bond acceptors (Lipinski definition) is 4. The summed E-state index contributed by atoms with van der Waals surface area (Å²) in [5.41, 5.74) is 0.228. The highest BCUT2D eigenvalue weighted by Gasteiger charge is 2.34. The van der Waals surface area contributed by atoms with Gasteiger partial charge in [0.1, 0.15) is 11.6 Å². The third kappa shape index (κ3) is 3.90. The van der Waals surface area contributed by atoms with E-state index in [0.29, 0.717) is 16.8 Å². The van der Waals surface area contributed by atoms with Crippen molar-refractivity contribution in [2.45, 2.75) is 13.1 Å². The van der Waals surface area contributed by atoms with E-state index in [4.69, 9.17) is 0 Å². The number of pyridine rings is 1. The molecule has 0 unspecified atom stereocenters. The normalized spacial score (nSPS) is 11.4. The van der Waals surface area contributed by atoms with Crippen LogP contribution < -0.4 is 5.32 Å². The van der Waals surface area contributed by atoms with Crippen molar-refractivity contribution in [1.82, 2.24) is 15.0 Å². The Morgan fingerprint density at radius 2 is 1.84 bits per heavy atom. The zero-order valence-electron chi connectivity index (χ0n) is 13.0. The number of rotatable bonds is 3. The first-order valence-corrected chi connectivity index (χ1v) is 7.23. The molecule has 0 fully saturated rings. The summed E-state index contributed by atoms with van der Waals surface area (Å²) in [6.45, 7) is 1.70. The first-order valence-electron chi connectivity index (χ1n) is 7.23. The zero-order chi connectivity index (χ0) is 18.0. The fraction of sp³-hybridized carbons (Fsp3) is 0.118. The maximum atomic E-state index is 13.4. The number of alkyl halides is 3. The number of nitrogens with one attached hydrogen (secondary N) is 1. The van der Waals surface area contributed by atoms with Gasteiger partial charge in [0.05, 0.1) is 0 Å². The van der Waals surface area contributed by atoms with Gasteiger partial charge in [0.15, 0.2) is 11.5 Å². The minimum absolute atomic E-state index is 0.0881. The van der Waals surface area contributed by atoms with Crippen molar-refractivity contribution in [1.29, 1.82) is 0 Å². The molecule has 0 bridgehead atoms. The summed E-state index contributed by atoms with van der Waals surface area (Å²) in [5.74, 6) is -0.722. The second kappa shape index (κ2) is 6.46. The third-order valence-corrected chi connectivity index (χ3v) is 3.40. The van der Waals surface area contributed by atoms with Crippen molar-refractivity contribution in [2.75, 3.05) is 5.32 Å². The lowest BCUT2D eigenvalue weighted by atomic mass is 10.2. The van der Waals surface area contributed by atoms with E-state index in [0.717, 1.165) is 6.07 Å². The van der Waals surface area contributed by atoms with Crippen molar-refractivity contribution >= 4 is 11.5 Å². The molecule has 25 heavy (non-hydrogen) atoms. The van der Waals surface area contributed by atoms with Crippen LogP contribution in [0.5, 0.6) is 0 Å². The predicted octanol–water partition coefficient (Wildman–Crippen LogP) is 4.75. The summed E-state index contributed by atoms with van der Waals surface area (Å²) in [6, 6.07) is 7.88. The van der Waals surface area contributed by atoms with Gasteiger partial charge in [-0.3, -0.25) is 4.98 Å². The highest BCUT2D eigenvalue weighted by atomic mass is 19.4. The maximum absolute atomic E-state index is 13.4. The molecular formula is C17H12F4N4. The zero-order valence-corrected chi connectivity index (χ0v) is 13.0. The van der Waals surface area contributed by atoms with Crippen molar-refractivity contribution in [2.24, 2.45) is 0 Å². The van der Waals surface area contributed by atoms with Gasteiger partial charge in [0.2, 0.25) is 0 Å². The molecule has 3 rings (SSSR count). The van der Waals surface area contributed by atoms with Crippen LogP contribution in [0.3, 0.4) is 0 Å². The standard InChI is InChI=1S/C17H12F4N4/c1-10-4-5-12(18)7-13(10)23-15-8-14(17(19,20)21)24-16(25-15)11-3-2-6-22-9-11/h2-9H,1H3,(H,23,24,25). The Morgan fingerprint density at radius 1 is 1.04 bits per heavy atom. The minimum atomic E-state index is -4.65. The van der Waals surface area contributed by atoms with E-state index in [1.807, 2.05) is 0 Å². The lowest BCUT2D eigenvalue weighted by Gasteiger charge is -2.13. The van der Waals surface area contributed by atoms with Crippen LogP contribution in [0.15, 0.2) is 48.8 Å². The van der Waals surface area contributed by atoms with Crippen LogP contribution in [0.4, 0.5) is 29.1 Å². The Morgan fingerprint density at radius 3 is 2.52 bits per heavy atom. The summed E-state index contributed by atoms with van der Waals surface area (Å²) < 4.78 is 52.9. The van der Waals surface area contributed by atoms with Crippen molar-refractivity contribution < 1.29 is 17.6 Å². The van der Waals surface area contributed by atoms with Crippen LogP contribution in [0.1, 0.15) is 11.3 Å². The van der Waals surface area contributed by atoms with Crippen LogP contribution in [-0.4, -0.2) is 15.0 Å². The van der Waals surface area contributed by atoms with Gasteiger partial charge in [-0.05, 0) is 36.8 Å². The molecule has 0 saturated heterocycles. The number of benzene rings is 1. The van der Waals surface area contributed by atoms with Gasteiger partial charge in [-0.2, -0.15) is 13.2 Å². The lowest BCUT2D eigenvalue weighted by molar-refractivity contribution is -0.141. The molecule has 3 aromatic rings. The summed E-state index contributed by atoms with van der Waals surface area (Å²) in [4.78, 5) is 11.5. The average Bonchev–Trinajstić information content (AvgIpc) is 2.58. The maximum Gasteiger partial charge on any atom is 0.433 e. The Kier molecular flexibility index (Phi) is 4.35. The number of anilines is 2. The second-order valence-corrected chi connectivity index (χ2v) is 5.29. The molecule has 0 radical (unpaired) electrons. The van der Waals surface area contributed by atoms with Crippen molar-refractivity contribution in [3.8, 4) is 11.4 Å². The monoisotopic (exact) mass is 348 g/mol. The van der Waals surface area contributed by atoms with E-state index in [1.54, 1.807) is 19.1 Å². The van der Waals surface area contributed by atoms with Crippen LogP contribution >= 0.6 is 0 Å². The van der Waals surface area contributed by atoms with E-state index in [9.17, 15) is 17.6 Å². The third-order valence-electron chi connectivity index (χ3n) is 3.40. The van der Waals surface area contributed by atoms with Gasteiger partial charge in [0.25, 0.3) is 0 Å². The molecule has 0 aliphatic carbocycles. The molecule has 8 heteroatoms. The molecule has 0 atom stereocenters. The topological polar surface area (TPSA) is 50.7 Å². The molecule has 1 N–H and O–H groups in total. The number of aryl methyl sites for hydroxylation is 1. The number of aromatic nitrogens is 3. The van der Waals surface area contributed by atoms with Crippen molar-refractivity contribution in [3.05, 3.63) is 65.9 Å². The molecule has 2 heterocycles. The van der Waals surface area contributed by atoms with E-state index >= 15 is 0 Å². The molecule has 0 aliphatic heterocycles. The predicted molar refractivity (Wildman–Crippen MR) is 84.7 cm³/mol. The number of hydrogen-bond donors (Lipinski definition) is 1. The molecule has 1 aromatic carbocycles. The Balaban J connectivity index is 2.08. The van der Waals surface area contributed by atoms with E-state index in [2.05, 4.69) is 20.3 Å². The van der Waals surface area contributed by atoms with E-state index in [-0.39, 0.29) is 11.6 Å². The van der Waals surface area contributed by atoms with Gasteiger partial charge < -0.3 is 5.32 Å². The average molecular weight is 348 g/mol. The molecule has 0 saturated carbocycles. The van der Waals surface area contributed by atoms with Gasteiger partial charge in [0, 0.05) is 29.7 Å². The fourth-order valence-corrected chi connectivity index (χ4v) is 2.15. The van der Waals surface area contributed by atoms with Crippen LogP contribution in [-0.2, 0) is 6.18 Å². The van der Waals surface area contributed by atoms with Gasteiger partial charge in [-0.15, -0.1) is 0 Å². The first kappa shape index (κ1) is 16.8. The van der Waals surface area contributed by atoms with Gasteiger partial charge >= 0.3 is 6.18 Å². The molecule has 0 amide bonds. The van der Waals surface area contributed by atoms with E-state index < -0.39 is 17.7 Å². The summed E-state index contributed by atoms with van der Waals surface area (Å²) in [5, 5.41) is 2.72. The molecule has 0 spiro atoms. The van der Waals surface area contributed by atoms with E-state index in [1.165, 1.54) is 30.6 Å². The number of nitrogens with zero attached hydrogens (tertiary/aromatic N) is 3. The molecule has 2 aromatic heterocycles. The first-order chi connectivity index (χ1) is 11.8. The van der Waals surface area contributed by atoms with Gasteiger partial charge in [-0.25, -0.2) is 14.4 Å². The summed E-state index contributed by atoms with van der Waals surface area (Å²) in [7, 11) is 0. The van der Waals surface area contributed by atoms with Crippen LogP contribution in [0, 0.1) is 12.7 Å². The molecule has 0 aliphatic rings. The Hall–Kier alpha value is -3.03. The molecular weight excluding hydrogens is 336 g/mol.